The number of nitrogens with one attached hydrogen (secondary N) is 1. The maximum atomic E-state index is 11.7. The van der Waals surface area contributed by atoms with E-state index in [1.54, 1.807) is 0 Å². The third-order valence-electron chi connectivity index (χ3n) is 3.37. The zero-order chi connectivity index (χ0) is 10.8. The lowest BCUT2D eigenvalue weighted by Crippen LogP contribution is -2.57. The van der Waals surface area contributed by atoms with Crippen LogP contribution in [0.4, 0.5) is 0 Å². The molecule has 84 valence electrons. The van der Waals surface area contributed by atoms with Crippen LogP contribution in [0.25, 0.3) is 0 Å². The first kappa shape index (κ1) is 10.6. The van der Waals surface area contributed by atoms with Gasteiger partial charge in [0.25, 0.3) is 0 Å². The molecule has 0 aromatic rings. The van der Waals surface area contributed by atoms with E-state index in [4.69, 9.17) is 0 Å². The Kier molecular flexibility index (Phi) is 3.05. The van der Waals surface area contributed by atoms with E-state index in [0.29, 0.717) is 12.8 Å². The number of carbonyl (C=O) groups is 2. The van der Waals surface area contributed by atoms with Gasteiger partial charge >= 0.3 is 0 Å². The minimum atomic E-state index is 0.0202. The fourth-order valence-corrected chi connectivity index (χ4v) is 2.52. The van der Waals surface area contributed by atoms with Gasteiger partial charge in [-0.2, -0.15) is 0 Å². The second kappa shape index (κ2) is 4.31. The molecule has 1 N–H and O–H groups in total. The van der Waals surface area contributed by atoms with Gasteiger partial charge in [-0.15, -0.1) is 0 Å². The molecule has 2 fully saturated rings. The molecular weight excluding hydrogens is 192 g/mol. The topological polar surface area (TPSA) is 49.4 Å². The number of carbonyl (C=O) groups excluding carboxylic acids is 2. The molecule has 2 rings (SSSR count). The van der Waals surface area contributed by atoms with E-state index in [1.165, 1.54) is 4.90 Å². The standard InChI is InChI=1S/C11H18N2O2/c1-8-9(4-3-7-12-8)13-10(14)5-2-6-11(13)15/h8-9,12H,2-7H2,1H3. The quantitative estimate of drug-likeness (QED) is 0.647. The monoisotopic (exact) mass is 210 g/mol. The summed E-state index contributed by atoms with van der Waals surface area (Å²) in [6, 6.07) is 0.323. The molecule has 2 aliphatic rings. The molecule has 2 atom stereocenters. The molecule has 4 heteroatoms. The number of imide groups is 1. The van der Waals surface area contributed by atoms with Crippen LogP contribution in [0.1, 0.15) is 39.0 Å². The van der Waals surface area contributed by atoms with Crippen LogP contribution in [0.3, 0.4) is 0 Å². The van der Waals surface area contributed by atoms with Crippen molar-refractivity contribution < 1.29 is 9.59 Å². The Morgan fingerprint density at radius 2 is 1.87 bits per heavy atom. The summed E-state index contributed by atoms with van der Waals surface area (Å²) in [5, 5.41) is 3.32. The highest BCUT2D eigenvalue weighted by atomic mass is 16.2. The second-order valence-corrected chi connectivity index (χ2v) is 4.46. The van der Waals surface area contributed by atoms with E-state index in [0.717, 1.165) is 25.8 Å². The van der Waals surface area contributed by atoms with E-state index in [2.05, 4.69) is 12.2 Å². The average molecular weight is 210 g/mol. The predicted octanol–water partition coefficient (Wildman–Crippen LogP) is 0.666. The summed E-state index contributed by atoms with van der Waals surface area (Å²) in [7, 11) is 0. The van der Waals surface area contributed by atoms with Crippen LogP contribution in [-0.4, -0.2) is 35.3 Å². The molecule has 2 saturated heterocycles. The minimum Gasteiger partial charge on any atom is -0.312 e. The van der Waals surface area contributed by atoms with Gasteiger partial charge in [0.1, 0.15) is 0 Å². The largest absolute Gasteiger partial charge is 0.312 e. The Labute approximate surface area is 90.0 Å². The summed E-state index contributed by atoms with van der Waals surface area (Å²) in [4.78, 5) is 25.0. The van der Waals surface area contributed by atoms with Gasteiger partial charge in [-0.1, -0.05) is 0 Å². The lowest BCUT2D eigenvalue weighted by molar-refractivity contribution is -0.152. The van der Waals surface area contributed by atoms with Crippen LogP contribution in [-0.2, 0) is 9.59 Å². The lowest BCUT2D eigenvalue weighted by atomic mass is 9.95. The molecule has 2 heterocycles. The first-order valence-electron chi connectivity index (χ1n) is 5.78. The van der Waals surface area contributed by atoms with Crippen molar-refractivity contribution >= 4 is 11.8 Å². The van der Waals surface area contributed by atoms with Gasteiger partial charge in [-0.3, -0.25) is 14.5 Å². The molecular formula is C11H18N2O2. The number of hydrogen-bond donors (Lipinski definition) is 1. The fraction of sp³-hybridized carbons (Fsp3) is 0.818. The van der Waals surface area contributed by atoms with Crippen LogP contribution in [0.2, 0.25) is 0 Å². The SMILES string of the molecule is CC1NCCCC1N1C(=O)CCCC1=O. The Morgan fingerprint density at radius 3 is 2.47 bits per heavy atom. The zero-order valence-electron chi connectivity index (χ0n) is 9.16. The van der Waals surface area contributed by atoms with Crippen molar-refractivity contribution in [1.29, 1.82) is 0 Å². The number of hydrogen-bond acceptors (Lipinski definition) is 3. The van der Waals surface area contributed by atoms with Gasteiger partial charge in [0.15, 0.2) is 0 Å². The Bertz CT molecular complexity index is 262. The van der Waals surface area contributed by atoms with Crippen molar-refractivity contribution in [3.8, 4) is 0 Å². The molecule has 0 saturated carbocycles. The molecule has 4 nitrogen and oxygen atoms in total. The molecule has 2 amide bonds. The highest BCUT2D eigenvalue weighted by Crippen LogP contribution is 2.22. The van der Waals surface area contributed by atoms with Gasteiger partial charge in [0.05, 0.1) is 6.04 Å². The van der Waals surface area contributed by atoms with E-state index >= 15 is 0 Å². The molecule has 0 aromatic heterocycles. The van der Waals surface area contributed by atoms with Crippen LogP contribution in [0.15, 0.2) is 0 Å². The molecule has 0 aliphatic carbocycles. The van der Waals surface area contributed by atoms with Gasteiger partial charge in [0, 0.05) is 18.9 Å². The molecule has 15 heavy (non-hydrogen) atoms. The van der Waals surface area contributed by atoms with Gasteiger partial charge < -0.3 is 5.32 Å². The van der Waals surface area contributed by atoms with Crippen molar-refractivity contribution in [1.82, 2.24) is 10.2 Å². The number of piperidine rings is 2. The fourth-order valence-electron chi connectivity index (χ4n) is 2.52. The van der Waals surface area contributed by atoms with E-state index in [1.807, 2.05) is 0 Å². The van der Waals surface area contributed by atoms with Crippen molar-refractivity contribution in [3.05, 3.63) is 0 Å². The first-order valence-corrected chi connectivity index (χ1v) is 5.78. The molecule has 0 radical (unpaired) electrons. The molecule has 0 bridgehead atoms. The number of nitrogens with zero attached hydrogens (tertiary/aromatic N) is 1. The molecule has 2 unspecified atom stereocenters. The molecule has 0 spiro atoms. The summed E-state index contributed by atoms with van der Waals surface area (Å²) in [5.41, 5.74) is 0. The third kappa shape index (κ3) is 2.04. The Morgan fingerprint density at radius 1 is 1.20 bits per heavy atom. The molecule has 0 aromatic carbocycles. The van der Waals surface area contributed by atoms with Crippen molar-refractivity contribution in [2.24, 2.45) is 0 Å². The van der Waals surface area contributed by atoms with Crippen LogP contribution in [0.5, 0.6) is 0 Å². The summed E-state index contributed by atoms with van der Waals surface area (Å²) in [6.45, 7) is 3.05. The molecule has 2 aliphatic heterocycles. The summed E-state index contributed by atoms with van der Waals surface area (Å²) in [5.74, 6) is 0.0404. The zero-order valence-corrected chi connectivity index (χ0v) is 9.16. The normalized spacial score (nSPS) is 33.3. The van der Waals surface area contributed by atoms with Gasteiger partial charge in [-0.25, -0.2) is 0 Å². The van der Waals surface area contributed by atoms with Gasteiger partial charge in [-0.05, 0) is 32.7 Å². The Balaban J connectivity index is 2.12. The summed E-state index contributed by atoms with van der Waals surface area (Å²) < 4.78 is 0. The van der Waals surface area contributed by atoms with Crippen molar-refractivity contribution in [3.63, 3.8) is 0 Å². The first-order chi connectivity index (χ1) is 7.20. The smallest absolute Gasteiger partial charge is 0.229 e. The Hall–Kier alpha value is -0.900. The maximum absolute atomic E-state index is 11.7. The van der Waals surface area contributed by atoms with Crippen molar-refractivity contribution in [2.75, 3.05) is 6.54 Å². The third-order valence-corrected chi connectivity index (χ3v) is 3.37. The van der Waals surface area contributed by atoms with E-state index < -0.39 is 0 Å². The highest BCUT2D eigenvalue weighted by molar-refractivity contribution is 5.98. The number of likely N-dealkylation sites (tertiary alicyclic amines) is 1. The summed E-state index contributed by atoms with van der Waals surface area (Å²) >= 11 is 0. The lowest BCUT2D eigenvalue weighted by Gasteiger charge is -2.39. The second-order valence-electron chi connectivity index (χ2n) is 4.46. The van der Waals surface area contributed by atoms with Crippen LogP contribution >= 0.6 is 0 Å². The average Bonchev–Trinajstić information content (AvgIpc) is 2.20. The van der Waals surface area contributed by atoms with E-state index in [9.17, 15) is 9.59 Å². The number of rotatable bonds is 1. The van der Waals surface area contributed by atoms with E-state index in [-0.39, 0.29) is 23.9 Å². The van der Waals surface area contributed by atoms with Crippen LogP contribution in [0, 0.1) is 0 Å². The summed E-state index contributed by atoms with van der Waals surface area (Å²) in [6.07, 6.45) is 3.80. The predicted molar refractivity (Wildman–Crippen MR) is 56.2 cm³/mol. The van der Waals surface area contributed by atoms with Crippen LogP contribution < -0.4 is 5.32 Å². The minimum absolute atomic E-state index is 0.0202. The van der Waals surface area contributed by atoms with Crippen molar-refractivity contribution in [2.45, 2.75) is 51.1 Å². The number of amides is 2. The maximum Gasteiger partial charge on any atom is 0.229 e. The highest BCUT2D eigenvalue weighted by Gasteiger charge is 2.36. The van der Waals surface area contributed by atoms with Gasteiger partial charge in [0.2, 0.25) is 11.8 Å².